The fourth-order valence-corrected chi connectivity index (χ4v) is 3.42. The maximum absolute atomic E-state index is 12.6. The molecule has 0 aliphatic carbocycles. The highest BCUT2D eigenvalue weighted by atomic mass is 16.2. The Balaban J connectivity index is 1.82. The van der Waals surface area contributed by atoms with Gasteiger partial charge in [0.25, 0.3) is 5.56 Å². The molecule has 0 N–H and O–H groups in total. The average Bonchev–Trinajstić information content (AvgIpc) is 3.04. The van der Waals surface area contributed by atoms with Gasteiger partial charge in [-0.2, -0.15) is 4.98 Å². The maximum atomic E-state index is 12.6. The molecule has 1 aromatic carbocycles. The number of rotatable bonds is 3. The Bertz CT molecular complexity index is 1120. The molecule has 134 valence electrons. The Morgan fingerprint density at radius 2 is 1.77 bits per heavy atom. The Kier molecular flexibility index (Phi) is 3.75. The Labute approximate surface area is 148 Å². The van der Waals surface area contributed by atoms with Crippen molar-refractivity contribution >= 4 is 23.0 Å². The van der Waals surface area contributed by atoms with Gasteiger partial charge in [0.05, 0.1) is 0 Å². The van der Waals surface area contributed by atoms with Crippen molar-refractivity contribution in [2.45, 2.75) is 19.4 Å². The molecule has 8 heteroatoms. The molecular weight excluding hydrogens is 334 g/mol. The van der Waals surface area contributed by atoms with Crippen LogP contribution in [0.4, 0.5) is 5.95 Å². The topological polar surface area (TPSA) is 82.1 Å². The van der Waals surface area contributed by atoms with Gasteiger partial charge in [-0.25, -0.2) is 4.79 Å². The number of benzene rings is 1. The lowest BCUT2D eigenvalue weighted by Gasteiger charge is -2.27. The molecule has 0 saturated carbocycles. The summed E-state index contributed by atoms with van der Waals surface area (Å²) in [6.45, 7) is 0.861. The van der Waals surface area contributed by atoms with Crippen LogP contribution in [0, 0.1) is 0 Å². The van der Waals surface area contributed by atoms with E-state index in [0.29, 0.717) is 43.0 Å². The zero-order chi connectivity index (χ0) is 18.4. The van der Waals surface area contributed by atoms with E-state index < -0.39 is 5.69 Å². The van der Waals surface area contributed by atoms with Gasteiger partial charge in [-0.1, -0.05) is 30.3 Å². The number of aromatic nitrogens is 4. The standard InChI is InChI=1S/C18H19N5O3/c1-20-15-14(16(25)21(2)18(20)26)23-11-9-13(24)22(17(23)19-15)10-8-12-6-4-3-5-7-12/h3-7H,8-11H2,1-2H3. The summed E-state index contributed by atoms with van der Waals surface area (Å²) < 4.78 is 4.17. The molecule has 0 saturated heterocycles. The smallest absolute Gasteiger partial charge is 0.303 e. The van der Waals surface area contributed by atoms with E-state index in [0.717, 1.165) is 10.1 Å². The van der Waals surface area contributed by atoms with Crippen LogP contribution in [0.25, 0.3) is 11.2 Å². The SMILES string of the molecule is Cn1c(=O)c2c(nc3n2CCC(=O)N3CCc2ccccc2)n(C)c1=O. The van der Waals surface area contributed by atoms with Gasteiger partial charge in [0.2, 0.25) is 11.9 Å². The first-order valence-electron chi connectivity index (χ1n) is 8.49. The monoisotopic (exact) mass is 353 g/mol. The largest absolute Gasteiger partial charge is 0.332 e. The molecule has 3 heterocycles. The summed E-state index contributed by atoms with van der Waals surface area (Å²) in [5.74, 6) is 0.413. The summed E-state index contributed by atoms with van der Waals surface area (Å²) in [6.07, 6.45) is 0.992. The number of hydrogen-bond donors (Lipinski definition) is 0. The minimum atomic E-state index is -0.430. The van der Waals surface area contributed by atoms with E-state index in [-0.39, 0.29) is 11.5 Å². The summed E-state index contributed by atoms with van der Waals surface area (Å²) in [4.78, 5) is 43.3. The van der Waals surface area contributed by atoms with E-state index in [1.165, 1.54) is 11.6 Å². The fourth-order valence-electron chi connectivity index (χ4n) is 3.42. The number of anilines is 1. The second-order valence-electron chi connectivity index (χ2n) is 6.47. The molecule has 2 aromatic heterocycles. The molecular formula is C18H19N5O3. The summed E-state index contributed by atoms with van der Waals surface area (Å²) >= 11 is 0. The van der Waals surface area contributed by atoms with Gasteiger partial charge < -0.3 is 4.57 Å². The van der Waals surface area contributed by atoms with Crippen molar-refractivity contribution in [2.24, 2.45) is 14.1 Å². The minimum Gasteiger partial charge on any atom is -0.303 e. The second-order valence-corrected chi connectivity index (χ2v) is 6.47. The van der Waals surface area contributed by atoms with Crippen molar-refractivity contribution < 1.29 is 4.79 Å². The van der Waals surface area contributed by atoms with Crippen LogP contribution in [-0.2, 0) is 31.9 Å². The molecule has 1 amide bonds. The van der Waals surface area contributed by atoms with Crippen molar-refractivity contribution in [3.63, 3.8) is 0 Å². The van der Waals surface area contributed by atoms with Crippen LogP contribution in [0.1, 0.15) is 12.0 Å². The highest BCUT2D eigenvalue weighted by molar-refractivity contribution is 5.95. The van der Waals surface area contributed by atoms with Crippen LogP contribution in [0.2, 0.25) is 0 Å². The number of imidazole rings is 1. The molecule has 8 nitrogen and oxygen atoms in total. The summed E-state index contributed by atoms with van der Waals surface area (Å²) in [5.41, 5.74) is 0.977. The van der Waals surface area contributed by atoms with Gasteiger partial charge in [0.1, 0.15) is 0 Å². The van der Waals surface area contributed by atoms with E-state index >= 15 is 0 Å². The first-order valence-corrected chi connectivity index (χ1v) is 8.49. The summed E-state index contributed by atoms with van der Waals surface area (Å²) in [5, 5.41) is 0. The van der Waals surface area contributed by atoms with E-state index in [9.17, 15) is 14.4 Å². The molecule has 1 aliphatic rings. The molecule has 0 unspecified atom stereocenters. The van der Waals surface area contributed by atoms with E-state index in [1.54, 1.807) is 16.5 Å². The quantitative estimate of drug-likeness (QED) is 0.683. The molecule has 1 aliphatic heterocycles. The summed E-state index contributed by atoms with van der Waals surface area (Å²) in [7, 11) is 3.03. The van der Waals surface area contributed by atoms with E-state index in [2.05, 4.69) is 4.98 Å². The third-order valence-corrected chi connectivity index (χ3v) is 4.89. The van der Waals surface area contributed by atoms with Crippen LogP contribution in [0.15, 0.2) is 39.9 Å². The number of carbonyl (C=O) groups excluding carboxylic acids is 1. The van der Waals surface area contributed by atoms with Crippen LogP contribution >= 0.6 is 0 Å². The molecule has 26 heavy (non-hydrogen) atoms. The normalized spacial score (nSPS) is 14.1. The number of hydrogen-bond acceptors (Lipinski definition) is 4. The van der Waals surface area contributed by atoms with E-state index in [4.69, 9.17) is 0 Å². The Morgan fingerprint density at radius 1 is 1.04 bits per heavy atom. The molecule has 0 radical (unpaired) electrons. The highest BCUT2D eigenvalue weighted by Crippen LogP contribution is 2.25. The molecule has 3 aromatic rings. The fraction of sp³-hybridized carbons (Fsp3) is 0.333. The van der Waals surface area contributed by atoms with Crippen LogP contribution in [0.3, 0.4) is 0 Å². The van der Waals surface area contributed by atoms with Gasteiger partial charge in [0.15, 0.2) is 11.2 Å². The molecule has 0 atom stereocenters. The maximum Gasteiger partial charge on any atom is 0.332 e. The molecule has 0 spiro atoms. The number of carbonyl (C=O) groups is 1. The predicted octanol–water partition coefficient (Wildman–Crippen LogP) is 0.413. The van der Waals surface area contributed by atoms with Crippen molar-refractivity contribution in [2.75, 3.05) is 11.4 Å². The Hall–Kier alpha value is -3.16. The Morgan fingerprint density at radius 3 is 2.50 bits per heavy atom. The van der Waals surface area contributed by atoms with Gasteiger partial charge in [-0.3, -0.25) is 23.6 Å². The summed E-state index contributed by atoms with van der Waals surface area (Å²) in [6, 6.07) is 9.89. The lowest BCUT2D eigenvalue weighted by atomic mass is 10.1. The third-order valence-electron chi connectivity index (χ3n) is 4.89. The van der Waals surface area contributed by atoms with E-state index in [1.807, 2.05) is 30.3 Å². The van der Waals surface area contributed by atoms with Crippen molar-refractivity contribution in [1.29, 1.82) is 0 Å². The lowest BCUT2D eigenvalue weighted by molar-refractivity contribution is -0.119. The van der Waals surface area contributed by atoms with Crippen LogP contribution in [-0.4, -0.2) is 31.1 Å². The van der Waals surface area contributed by atoms with Crippen molar-refractivity contribution in [3.05, 3.63) is 56.7 Å². The third kappa shape index (κ3) is 2.37. The molecule has 0 bridgehead atoms. The van der Waals surface area contributed by atoms with Gasteiger partial charge in [0, 0.05) is 33.6 Å². The number of aryl methyl sites for hydroxylation is 2. The first kappa shape index (κ1) is 16.3. The molecule has 4 rings (SSSR count). The van der Waals surface area contributed by atoms with Gasteiger partial charge >= 0.3 is 5.69 Å². The number of nitrogens with zero attached hydrogens (tertiary/aromatic N) is 5. The van der Waals surface area contributed by atoms with Crippen molar-refractivity contribution in [3.8, 4) is 0 Å². The second kappa shape index (κ2) is 5.98. The van der Waals surface area contributed by atoms with Crippen LogP contribution < -0.4 is 16.1 Å². The van der Waals surface area contributed by atoms with Crippen molar-refractivity contribution in [1.82, 2.24) is 18.7 Å². The van der Waals surface area contributed by atoms with Gasteiger partial charge in [-0.15, -0.1) is 0 Å². The highest BCUT2D eigenvalue weighted by Gasteiger charge is 2.30. The lowest BCUT2D eigenvalue weighted by Crippen LogP contribution is -2.40. The van der Waals surface area contributed by atoms with Gasteiger partial charge in [-0.05, 0) is 12.0 Å². The first-order chi connectivity index (χ1) is 12.5. The zero-order valence-electron chi connectivity index (χ0n) is 14.7. The predicted molar refractivity (Wildman–Crippen MR) is 97.3 cm³/mol. The zero-order valence-corrected chi connectivity index (χ0v) is 14.7. The number of fused-ring (bicyclic) bond motifs is 3. The average molecular weight is 353 g/mol. The van der Waals surface area contributed by atoms with Crippen LogP contribution in [0.5, 0.6) is 0 Å². The minimum absolute atomic E-state index is 0.0226. The number of amides is 1. The molecule has 0 fully saturated rings.